The molecule has 0 aliphatic rings. The second-order valence-electron chi connectivity index (χ2n) is 7.16. The van der Waals surface area contributed by atoms with E-state index in [2.05, 4.69) is 10.6 Å². The molecule has 2 N–H and O–H groups in total. The first-order chi connectivity index (χ1) is 13.1. The molecule has 0 spiro atoms. The zero-order chi connectivity index (χ0) is 20.7. The lowest BCUT2D eigenvalue weighted by Gasteiger charge is -2.19. The first-order valence-electron chi connectivity index (χ1n) is 8.71. The molecule has 0 aliphatic carbocycles. The van der Waals surface area contributed by atoms with Crippen molar-refractivity contribution in [1.29, 1.82) is 0 Å². The maximum atomic E-state index is 12.2. The van der Waals surface area contributed by atoms with Crippen LogP contribution >= 0.6 is 0 Å². The molecular formula is C20H23N3O5. The number of benzene rings is 2. The van der Waals surface area contributed by atoms with E-state index in [9.17, 15) is 19.7 Å². The molecule has 148 valence electrons. The van der Waals surface area contributed by atoms with Crippen LogP contribution in [0.5, 0.6) is 0 Å². The third kappa shape index (κ3) is 6.71. The summed E-state index contributed by atoms with van der Waals surface area (Å²) in [6.45, 7) is 5.82. The average molecular weight is 385 g/mol. The van der Waals surface area contributed by atoms with Gasteiger partial charge in [-0.15, -0.1) is 0 Å². The van der Waals surface area contributed by atoms with E-state index in [0.717, 1.165) is 5.56 Å². The largest absolute Gasteiger partial charge is 0.444 e. The molecule has 0 saturated heterocycles. The number of hydrogen-bond donors (Lipinski definition) is 2. The highest BCUT2D eigenvalue weighted by Crippen LogP contribution is 2.13. The standard InChI is InChI=1S/C20H23N3O5/c1-20(2,3)28-19(25)22-12-14-7-9-16(10-8-14)18(24)21-13-15-5-4-6-17(11-15)23(26)27/h4-11H,12-13H2,1-3H3,(H,21,24)(H,22,25). The van der Waals surface area contributed by atoms with Gasteiger partial charge < -0.3 is 15.4 Å². The number of hydrogen-bond acceptors (Lipinski definition) is 5. The molecule has 0 aromatic heterocycles. The summed E-state index contributed by atoms with van der Waals surface area (Å²) in [5.41, 5.74) is 1.33. The Morgan fingerprint density at radius 2 is 1.64 bits per heavy atom. The predicted molar refractivity (Wildman–Crippen MR) is 104 cm³/mol. The van der Waals surface area contributed by atoms with Crippen LogP contribution in [0.1, 0.15) is 42.3 Å². The van der Waals surface area contributed by atoms with Gasteiger partial charge in [0.05, 0.1) is 4.92 Å². The van der Waals surface area contributed by atoms with Crippen LogP contribution in [0.15, 0.2) is 48.5 Å². The summed E-state index contributed by atoms with van der Waals surface area (Å²) in [7, 11) is 0. The molecule has 8 heteroatoms. The van der Waals surface area contributed by atoms with Crippen molar-refractivity contribution in [2.24, 2.45) is 0 Å². The van der Waals surface area contributed by atoms with Gasteiger partial charge in [-0.05, 0) is 44.0 Å². The topological polar surface area (TPSA) is 111 Å². The molecule has 2 aromatic rings. The summed E-state index contributed by atoms with van der Waals surface area (Å²) in [5.74, 6) is -0.293. The summed E-state index contributed by atoms with van der Waals surface area (Å²) in [4.78, 5) is 34.2. The smallest absolute Gasteiger partial charge is 0.407 e. The van der Waals surface area contributed by atoms with Crippen LogP contribution in [-0.2, 0) is 17.8 Å². The maximum absolute atomic E-state index is 12.2. The van der Waals surface area contributed by atoms with E-state index >= 15 is 0 Å². The number of non-ortho nitro benzene ring substituents is 1. The molecule has 2 amide bonds. The van der Waals surface area contributed by atoms with E-state index in [1.54, 1.807) is 57.2 Å². The minimum absolute atomic E-state index is 0.0198. The SMILES string of the molecule is CC(C)(C)OC(=O)NCc1ccc(C(=O)NCc2cccc([N+](=O)[O-])c2)cc1. The Kier molecular flexibility index (Phi) is 6.70. The Hall–Kier alpha value is -3.42. The van der Waals surface area contributed by atoms with Gasteiger partial charge in [0.15, 0.2) is 0 Å². The highest BCUT2D eigenvalue weighted by Gasteiger charge is 2.15. The lowest BCUT2D eigenvalue weighted by atomic mass is 10.1. The van der Waals surface area contributed by atoms with Crippen molar-refractivity contribution in [1.82, 2.24) is 10.6 Å². The number of nitrogens with zero attached hydrogens (tertiary/aromatic N) is 1. The lowest BCUT2D eigenvalue weighted by molar-refractivity contribution is -0.384. The zero-order valence-electron chi connectivity index (χ0n) is 16.0. The minimum Gasteiger partial charge on any atom is -0.444 e. The Morgan fingerprint density at radius 1 is 1.00 bits per heavy atom. The number of rotatable bonds is 6. The van der Waals surface area contributed by atoms with Crippen molar-refractivity contribution < 1.29 is 19.2 Å². The summed E-state index contributed by atoms with van der Waals surface area (Å²) in [6.07, 6.45) is -0.508. The van der Waals surface area contributed by atoms with Gasteiger partial charge in [0.2, 0.25) is 0 Å². The fourth-order valence-corrected chi connectivity index (χ4v) is 2.33. The molecule has 0 bridgehead atoms. The zero-order valence-corrected chi connectivity index (χ0v) is 16.0. The number of alkyl carbamates (subject to hydrolysis) is 1. The predicted octanol–water partition coefficient (Wildman–Crippen LogP) is 3.55. The van der Waals surface area contributed by atoms with Gasteiger partial charge in [-0.3, -0.25) is 14.9 Å². The molecule has 0 unspecified atom stereocenters. The number of ether oxygens (including phenoxy) is 1. The van der Waals surface area contributed by atoms with Gasteiger partial charge in [0.25, 0.3) is 11.6 Å². The van der Waals surface area contributed by atoms with Crippen molar-refractivity contribution in [2.45, 2.75) is 39.5 Å². The van der Waals surface area contributed by atoms with Gasteiger partial charge in [-0.25, -0.2) is 4.79 Å². The Labute approximate surface area is 163 Å². The second-order valence-corrected chi connectivity index (χ2v) is 7.16. The van der Waals surface area contributed by atoms with Crippen LogP contribution in [0.3, 0.4) is 0 Å². The van der Waals surface area contributed by atoms with Crippen LogP contribution in [0, 0.1) is 10.1 Å². The summed E-state index contributed by atoms with van der Waals surface area (Å²) in [6, 6.07) is 12.9. The van der Waals surface area contributed by atoms with Crippen molar-refractivity contribution in [3.8, 4) is 0 Å². The third-order valence-electron chi connectivity index (χ3n) is 3.63. The molecule has 0 atom stereocenters. The average Bonchev–Trinajstić information content (AvgIpc) is 2.63. The molecule has 0 fully saturated rings. The normalized spacial score (nSPS) is 10.8. The molecule has 2 aromatic carbocycles. The quantitative estimate of drug-likeness (QED) is 0.583. The first-order valence-corrected chi connectivity index (χ1v) is 8.71. The number of amides is 2. The van der Waals surface area contributed by atoms with Crippen LogP contribution < -0.4 is 10.6 Å². The monoisotopic (exact) mass is 385 g/mol. The van der Waals surface area contributed by atoms with E-state index in [-0.39, 0.29) is 24.7 Å². The molecule has 0 radical (unpaired) electrons. The highest BCUT2D eigenvalue weighted by atomic mass is 16.6. The highest BCUT2D eigenvalue weighted by molar-refractivity contribution is 5.94. The van der Waals surface area contributed by atoms with Gasteiger partial charge in [0.1, 0.15) is 5.60 Å². The molecule has 2 rings (SSSR count). The second kappa shape index (κ2) is 8.98. The van der Waals surface area contributed by atoms with Crippen molar-refractivity contribution >= 4 is 17.7 Å². The fraction of sp³-hybridized carbons (Fsp3) is 0.300. The minimum atomic E-state index is -0.564. The Morgan fingerprint density at radius 3 is 2.25 bits per heavy atom. The summed E-state index contributed by atoms with van der Waals surface area (Å²) in [5, 5.41) is 16.2. The van der Waals surface area contributed by atoms with Gasteiger partial charge in [-0.2, -0.15) is 0 Å². The van der Waals surface area contributed by atoms with E-state index in [1.807, 2.05) is 0 Å². The van der Waals surface area contributed by atoms with Crippen molar-refractivity contribution in [3.63, 3.8) is 0 Å². The van der Waals surface area contributed by atoms with Crippen LogP contribution in [0.4, 0.5) is 10.5 Å². The van der Waals surface area contributed by atoms with E-state index < -0.39 is 16.6 Å². The van der Waals surface area contributed by atoms with Crippen LogP contribution in [0.2, 0.25) is 0 Å². The third-order valence-corrected chi connectivity index (χ3v) is 3.63. The number of nitro benzene ring substituents is 1. The molecule has 0 heterocycles. The van der Waals surface area contributed by atoms with E-state index in [0.29, 0.717) is 11.1 Å². The lowest BCUT2D eigenvalue weighted by Crippen LogP contribution is -2.32. The first kappa shape index (κ1) is 20.9. The van der Waals surface area contributed by atoms with E-state index in [4.69, 9.17) is 4.74 Å². The number of carbonyl (C=O) groups excluding carboxylic acids is 2. The van der Waals surface area contributed by atoms with Crippen molar-refractivity contribution in [3.05, 3.63) is 75.3 Å². The maximum Gasteiger partial charge on any atom is 0.407 e. The van der Waals surface area contributed by atoms with E-state index in [1.165, 1.54) is 12.1 Å². The van der Waals surface area contributed by atoms with Crippen LogP contribution in [0.25, 0.3) is 0 Å². The van der Waals surface area contributed by atoms with Gasteiger partial charge in [-0.1, -0.05) is 24.3 Å². The molecule has 28 heavy (non-hydrogen) atoms. The molecule has 0 saturated carbocycles. The molecule has 8 nitrogen and oxygen atoms in total. The fourth-order valence-electron chi connectivity index (χ4n) is 2.33. The summed E-state index contributed by atoms with van der Waals surface area (Å²) < 4.78 is 5.16. The molecular weight excluding hydrogens is 362 g/mol. The summed E-state index contributed by atoms with van der Waals surface area (Å²) >= 11 is 0. The number of nitrogens with one attached hydrogen (secondary N) is 2. The Bertz CT molecular complexity index is 857. The molecule has 0 aliphatic heterocycles. The number of nitro groups is 1. The van der Waals surface area contributed by atoms with Crippen LogP contribution in [-0.4, -0.2) is 22.5 Å². The number of carbonyl (C=O) groups is 2. The van der Waals surface area contributed by atoms with Gasteiger partial charge >= 0.3 is 6.09 Å². The van der Waals surface area contributed by atoms with Crippen molar-refractivity contribution in [2.75, 3.05) is 0 Å². The Balaban J connectivity index is 1.87. The van der Waals surface area contributed by atoms with Gasteiger partial charge in [0, 0.05) is 30.8 Å².